The van der Waals surface area contributed by atoms with Gasteiger partial charge in [0.05, 0.1) is 6.42 Å². The van der Waals surface area contributed by atoms with E-state index in [9.17, 15) is 10.4 Å². The second kappa shape index (κ2) is 12.0. The molecule has 8 unspecified atom stereocenters. The highest BCUT2D eigenvalue weighted by Gasteiger charge is 2.35. The average Bonchev–Trinajstić information content (AvgIpc) is 2.61. The van der Waals surface area contributed by atoms with Crippen LogP contribution in [-0.4, -0.2) is 25.3 Å². The minimum Gasteiger partial charge on any atom is -0.600 e. The fourth-order valence-corrected chi connectivity index (χ4v) is 5.33. The summed E-state index contributed by atoms with van der Waals surface area (Å²) in [4.78, 5) is 11.7. The van der Waals surface area contributed by atoms with Crippen molar-refractivity contribution in [3.8, 4) is 0 Å². The van der Waals surface area contributed by atoms with Crippen molar-refractivity contribution in [2.45, 2.75) is 98.7 Å². The Morgan fingerprint density at radius 3 is 1.45 bits per heavy atom. The summed E-state index contributed by atoms with van der Waals surface area (Å²) in [5, 5.41) is 24.4. The Labute approximate surface area is 178 Å². The molecule has 0 aromatic rings. The molecular weight excluding hydrogens is 368 g/mol. The van der Waals surface area contributed by atoms with Gasteiger partial charge in [0.2, 0.25) is 0 Å². The Morgan fingerprint density at radius 2 is 1.10 bits per heavy atom. The van der Waals surface area contributed by atoms with Crippen molar-refractivity contribution in [3.63, 3.8) is 0 Å². The van der Waals surface area contributed by atoms with Crippen LogP contribution in [0.5, 0.6) is 0 Å². The number of hydrogen-bond acceptors (Lipinski definition) is 4. The molecule has 0 bridgehead atoms. The van der Waals surface area contributed by atoms with Crippen LogP contribution in [0.25, 0.3) is 0 Å². The summed E-state index contributed by atoms with van der Waals surface area (Å²) < 4.78 is 0. The van der Waals surface area contributed by atoms with Gasteiger partial charge in [0.15, 0.2) is 0 Å². The molecule has 0 amide bonds. The van der Waals surface area contributed by atoms with E-state index in [1.54, 1.807) is 0 Å². The second-order valence-corrected chi connectivity index (χ2v) is 10.6. The van der Waals surface area contributed by atoms with Crippen molar-refractivity contribution >= 4 is 0 Å². The molecule has 0 radical (unpaired) electrons. The summed E-state index contributed by atoms with van der Waals surface area (Å²) in [5.74, 6) is 3.21. The summed E-state index contributed by atoms with van der Waals surface area (Å²) in [6.07, 6.45) is 7.24. The maximum Gasteiger partial charge on any atom is 0.120 e. The minimum atomic E-state index is -0.158. The fourth-order valence-electron chi connectivity index (χ4n) is 5.33. The molecule has 0 aromatic heterocycles. The van der Waals surface area contributed by atoms with Crippen LogP contribution in [-0.2, 0) is 9.68 Å². The Morgan fingerprint density at radius 1 is 0.724 bits per heavy atom. The molecule has 0 aliphatic heterocycles. The van der Waals surface area contributed by atoms with Crippen LogP contribution in [0.3, 0.4) is 0 Å². The second-order valence-electron chi connectivity index (χ2n) is 10.6. The number of hydrogen-bond donors (Lipinski definition) is 2. The summed E-state index contributed by atoms with van der Waals surface area (Å²) in [5.41, 5.74) is 0. The van der Waals surface area contributed by atoms with Gasteiger partial charge in [-0.1, -0.05) is 54.4 Å². The molecule has 2 aliphatic carbocycles. The molecule has 0 spiro atoms. The molecule has 0 heterocycles. The van der Waals surface area contributed by atoms with Crippen LogP contribution in [0.15, 0.2) is 0 Å². The lowest BCUT2D eigenvalue weighted by molar-refractivity contribution is -1.07. The Balaban J connectivity index is 1.72. The van der Waals surface area contributed by atoms with Crippen molar-refractivity contribution in [1.82, 2.24) is 0 Å². The Bertz CT molecular complexity index is 422. The number of rotatable bonds is 10. The van der Waals surface area contributed by atoms with Gasteiger partial charge >= 0.3 is 0 Å². The lowest BCUT2D eigenvalue weighted by Gasteiger charge is -2.39. The first-order valence-corrected chi connectivity index (χ1v) is 12.1. The zero-order valence-electron chi connectivity index (χ0n) is 19.6. The van der Waals surface area contributed by atoms with E-state index in [-0.39, 0.29) is 22.7 Å². The predicted octanol–water partition coefficient (Wildman–Crippen LogP) is 2.93. The fraction of sp³-hybridized carbons (Fsp3) is 1.00. The van der Waals surface area contributed by atoms with E-state index in [4.69, 9.17) is 9.68 Å². The summed E-state index contributed by atoms with van der Waals surface area (Å²) in [7, 11) is 0. The quantitative estimate of drug-likeness (QED) is 0.539. The van der Waals surface area contributed by atoms with Crippen LogP contribution < -0.4 is 10.5 Å². The first kappa shape index (κ1) is 25.0. The van der Waals surface area contributed by atoms with E-state index in [0.29, 0.717) is 55.0 Å². The Hall–Kier alpha value is -0.240. The predicted molar refractivity (Wildman–Crippen MR) is 115 cm³/mol. The lowest BCUT2D eigenvalue weighted by atomic mass is 9.75. The maximum atomic E-state index is 12.4. The highest BCUT2D eigenvalue weighted by Crippen LogP contribution is 2.35. The van der Waals surface area contributed by atoms with Crippen molar-refractivity contribution in [3.05, 3.63) is 10.4 Å². The third-order valence-corrected chi connectivity index (χ3v) is 7.25. The van der Waals surface area contributed by atoms with Gasteiger partial charge in [-0.3, -0.25) is 0 Å². The van der Waals surface area contributed by atoms with Gasteiger partial charge in [-0.05, 0) is 61.2 Å². The average molecular weight is 415 g/mol. The molecule has 2 saturated carbocycles. The normalized spacial score (nSPS) is 35.8. The third kappa shape index (κ3) is 8.08. The van der Waals surface area contributed by atoms with Gasteiger partial charge in [0, 0.05) is 0 Å². The van der Waals surface area contributed by atoms with Gasteiger partial charge < -0.3 is 10.4 Å². The van der Waals surface area contributed by atoms with Crippen LogP contribution in [0.1, 0.15) is 86.5 Å². The molecule has 0 saturated heterocycles. The van der Waals surface area contributed by atoms with E-state index in [2.05, 4.69) is 41.5 Å². The van der Waals surface area contributed by atoms with Crippen LogP contribution in [0.4, 0.5) is 0 Å². The first-order valence-electron chi connectivity index (χ1n) is 12.1. The molecule has 6 nitrogen and oxygen atoms in total. The highest BCUT2D eigenvalue weighted by molar-refractivity contribution is 4.81. The molecule has 172 valence electrons. The topological polar surface area (TPSA) is 73.5 Å². The summed E-state index contributed by atoms with van der Waals surface area (Å²) in [6, 6.07) is 0. The Kier molecular flexibility index (Phi) is 10.3. The number of nitrogens with one attached hydrogen (secondary N) is 2. The molecule has 2 N–H and O–H groups in total. The van der Waals surface area contributed by atoms with E-state index in [0.717, 1.165) is 25.7 Å². The van der Waals surface area contributed by atoms with Crippen LogP contribution in [0.2, 0.25) is 0 Å². The van der Waals surface area contributed by atoms with Gasteiger partial charge in [-0.15, -0.1) is 0 Å². The van der Waals surface area contributed by atoms with Crippen molar-refractivity contribution in [2.75, 3.05) is 13.1 Å². The smallest absolute Gasteiger partial charge is 0.120 e. The molecule has 8 atom stereocenters. The van der Waals surface area contributed by atoms with Crippen LogP contribution in [0, 0.1) is 45.9 Å². The first-order chi connectivity index (χ1) is 13.7. The van der Waals surface area contributed by atoms with Crippen molar-refractivity contribution in [2.24, 2.45) is 35.5 Å². The SMILES string of the molecule is CC1CCC(C(C)C)C(O[NH+]([O-])CCC[NH+]([O-])OC2CC(C)CCC2C(C)C)C1. The van der Waals surface area contributed by atoms with Gasteiger partial charge in [0.1, 0.15) is 25.3 Å². The molecular formula is C23H46N2O4. The standard InChI is InChI=1S/C23H46N2O4/c1-16(2)20-10-8-18(5)14-22(20)28-24(26)12-7-13-25(27)29-23-15-19(6)9-11-21(23)17(3)4/h16-25H,7-15H2,1-6H3. The minimum absolute atomic E-state index is 0.0359. The lowest BCUT2D eigenvalue weighted by Crippen LogP contribution is -3.10. The highest BCUT2D eigenvalue weighted by atomic mass is 16.9. The van der Waals surface area contributed by atoms with Gasteiger partial charge in [0.25, 0.3) is 0 Å². The summed E-state index contributed by atoms with van der Waals surface area (Å²) in [6.45, 7) is 14.0. The van der Waals surface area contributed by atoms with E-state index in [1.165, 1.54) is 12.8 Å². The number of quaternary nitrogens is 2. The van der Waals surface area contributed by atoms with E-state index in [1.807, 2.05) is 0 Å². The molecule has 29 heavy (non-hydrogen) atoms. The van der Waals surface area contributed by atoms with E-state index < -0.39 is 0 Å². The summed E-state index contributed by atoms with van der Waals surface area (Å²) >= 11 is 0. The van der Waals surface area contributed by atoms with Crippen molar-refractivity contribution in [1.29, 1.82) is 0 Å². The largest absolute Gasteiger partial charge is 0.600 e. The molecule has 2 aliphatic rings. The van der Waals surface area contributed by atoms with Crippen molar-refractivity contribution < 1.29 is 20.1 Å². The monoisotopic (exact) mass is 414 g/mol. The maximum absolute atomic E-state index is 12.4. The number of hydroxylamine groups is 4. The molecule has 2 fully saturated rings. The van der Waals surface area contributed by atoms with Gasteiger partial charge in [-0.25, -0.2) is 20.1 Å². The van der Waals surface area contributed by atoms with Gasteiger partial charge in [-0.2, -0.15) is 0 Å². The molecule has 6 heteroatoms. The molecule has 0 aromatic carbocycles. The molecule has 2 rings (SSSR count). The third-order valence-electron chi connectivity index (χ3n) is 7.25. The zero-order valence-corrected chi connectivity index (χ0v) is 19.6. The van der Waals surface area contributed by atoms with E-state index >= 15 is 0 Å². The zero-order chi connectivity index (χ0) is 21.6. The van der Waals surface area contributed by atoms with Crippen LogP contribution >= 0.6 is 0 Å².